The smallest absolute Gasteiger partial charge is 0.145 e. The predicted molar refractivity (Wildman–Crippen MR) is 73.2 cm³/mol. The fraction of sp³-hybridized carbons (Fsp3) is 0.200. The second kappa shape index (κ2) is 5.68. The summed E-state index contributed by atoms with van der Waals surface area (Å²) in [5.74, 6) is -0.829. The molecule has 1 unspecified atom stereocenters. The van der Waals surface area contributed by atoms with Gasteiger partial charge in [0.2, 0.25) is 0 Å². The maximum Gasteiger partial charge on any atom is 0.145 e. The van der Waals surface area contributed by atoms with Gasteiger partial charge in [-0.2, -0.15) is 0 Å². The summed E-state index contributed by atoms with van der Waals surface area (Å²) in [5, 5.41) is 0.0504. The van der Waals surface area contributed by atoms with Gasteiger partial charge in [-0.05, 0) is 30.5 Å². The van der Waals surface area contributed by atoms with Crippen LogP contribution in [0.3, 0.4) is 0 Å². The van der Waals surface area contributed by atoms with E-state index in [1.54, 1.807) is 37.3 Å². The summed E-state index contributed by atoms with van der Waals surface area (Å²) >= 11 is 5.71. The molecule has 1 atom stereocenters. The van der Waals surface area contributed by atoms with Gasteiger partial charge >= 0.3 is 0 Å². The molecule has 0 saturated heterocycles. The Kier molecular flexibility index (Phi) is 4.17. The van der Waals surface area contributed by atoms with E-state index >= 15 is 0 Å². The number of hydrogen-bond donors (Lipinski definition) is 1. The van der Waals surface area contributed by atoms with Crippen molar-refractivity contribution in [3.05, 3.63) is 69.7 Å². The highest BCUT2D eigenvalue weighted by Gasteiger charge is 2.16. The summed E-state index contributed by atoms with van der Waals surface area (Å²) in [5.41, 5.74) is 7.27. The van der Waals surface area contributed by atoms with Crippen molar-refractivity contribution in [2.75, 3.05) is 0 Å². The lowest BCUT2D eigenvalue weighted by Gasteiger charge is -2.15. The van der Waals surface area contributed by atoms with Crippen LogP contribution < -0.4 is 5.73 Å². The fourth-order valence-electron chi connectivity index (χ4n) is 2.01. The molecule has 2 N–H and O–H groups in total. The van der Waals surface area contributed by atoms with Gasteiger partial charge in [-0.1, -0.05) is 41.9 Å². The summed E-state index contributed by atoms with van der Waals surface area (Å²) < 4.78 is 27.7. The van der Waals surface area contributed by atoms with E-state index in [9.17, 15) is 8.78 Å². The Bertz CT molecular complexity index is 599. The minimum absolute atomic E-state index is 0.0504. The first-order valence-electron chi connectivity index (χ1n) is 5.94. The Morgan fingerprint density at radius 1 is 1.11 bits per heavy atom. The Hall–Kier alpha value is -1.45. The molecule has 1 nitrogen and oxygen atoms in total. The minimum atomic E-state index is -0.604. The lowest BCUT2D eigenvalue weighted by atomic mass is 9.97. The van der Waals surface area contributed by atoms with Crippen LogP contribution in [0.2, 0.25) is 5.02 Å². The maximum atomic E-state index is 13.9. The van der Waals surface area contributed by atoms with Crippen LogP contribution in [-0.4, -0.2) is 0 Å². The van der Waals surface area contributed by atoms with Crippen LogP contribution >= 0.6 is 11.6 Å². The molecule has 19 heavy (non-hydrogen) atoms. The highest BCUT2D eigenvalue weighted by atomic mass is 35.5. The highest BCUT2D eigenvalue weighted by Crippen LogP contribution is 2.25. The van der Waals surface area contributed by atoms with Crippen LogP contribution in [-0.2, 0) is 6.42 Å². The number of benzene rings is 2. The van der Waals surface area contributed by atoms with Gasteiger partial charge < -0.3 is 5.73 Å². The SMILES string of the molecule is Cc1cccc(C(N)Cc2cccc(Cl)c2F)c1F. The van der Waals surface area contributed by atoms with Gasteiger partial charge in [-0.15, -0.1) is 0 Å². The van der Waals surface area contributed by atoms with E-state index in [0.717, 1.165) is 0 Å². The lowest BCUT2D eigenvalue weighted by Crippen LogP contribution is -2.16. The van der Waals surface area contributed by atoms with Gasteiger partial charge in [0.25, 0.3) is 0 Å². The van der Waals surface area contributed by atoms with E-state index in [2.05, 4.69) is 0 Å². The molecule has 0 spiro atoms. The predicted octanol–water partition coefficient (Wildman–Crippen LogP) is 4.17. The molecule has 0 aromatic heterocycles. The average Bonchev–Trinajstić information content (AvgIpc) is 2.38. The zero-order chi connectivity index (χ0) is 14.0. The molecule has 4 heteroatoms. The molecule has 0 fully saturated rings. The van der Waals surface area contributed by atoms with E-state index in [1.807, 2.05) is 0 Å². The second-order valence-electron chi connectivity index (χ2n) is 4.50. The first kappa shape index (κ1) is 14.0. The summed E-state index contributed by atoms with van der Waals surface area (Å²) in [4.78, 5) is 0. The van der Waals surface area contributed by atoms with Crippen LogP contribution in [0, 0.1) is 18.6 Å². The van der Waals surface area contributed by atoms with Gasteiger partial charge in [-0.3, -0.25) is 0 Å². The molecule has 2 rings (SSSR count). The van der Waals surface area contributed by atoms with Gasteiger partial charge in [0.05, 0.1) is 5.02 Å². The summed E-state index contributed by atoms with van der Waals surface area (Å²) in [6, 6.07) is 9.16. The number of rotatable bonds is 3. The van der Waals surface area contributed by atoms with Crippen molar-refractivity contribution in [1.82, 2.24) is 0 Å². The Morgan fingerprint density at radius 2 is 1.79 bits per heavy atom. The zero-order valence-corrected chi connectivity index (χ0v) is 11.2. The summed E-state index contributed by atoms with van der Waals surface area (Å²) in [7, 11) is 0. The Morgan fingerprint density at radius 3 is 2.53 bits per heavy atom. The number of halogens is 3. The van der Waals surface area contributed by atoms with E-state index < -0.39 is 11.9 Å². The van der Waals surface area contributed by atoms with Crippen LogP contribution in [0.1, 0.15) is 22.7 Å². The van der Waals surface area contributed by atoms with Crippen LogP contribution in [0.15, 0.2) is 36.4 Å². The van der Waals surface area contributed by atoms with Gasteiger partial charge in [0, 0.05) is 11.6 Å². The fourth-order valence-corrected chi connectivity index (χ4v) is 2.20. The van der Waals surface area contributed by atoms with Crippen LogP contribution in [0.4, 0.5) is 8.78 Å². The highest BCUT2D eigenvalue weighted by molar-refractivity contribution is 6.30. The summed E-state index contributed by atoms with van der Waals surface area (Å²) in [6.45, 7) is 1.67. The van der Waals surface area contributed by atoms with Crippen molar-refractivity contribution in [3.63, 3.8) is 0 Å². The molecule has 0 amide bonds. The molecule has 0 aliphatic heterocycles. The number of hydrogen-bond acceptors (Lipinski definition) is 1. The minimum Gasteiger partial charge on any atom is -0.324 e. The lowest BCUT2D eigenvalue weighted by molar-refractivity contribution is 0.559. The van der Waals surface area contributed by atoms with Crippen molar-refractivity contribution in [2.24, 2.45) is 5.73 Å². The quantitative estimate of drug-likeness (QED) is 0.898. The molecule has 0 heterocycles. The van der Waals surface area contributed by atoms with Gasteiger partial charge in [-0.25, -0.2) is 8.78 Å². The molecule has 0 aliphatic rings. The first-order valence-corrected chi connectivity index (χ1v) is 6.32. The standard InChI is InChI=1S/C15H14ClF2N/c1-9-4-2-6-11(14(9)17)13(19)8-10-5-3-7-12(16)15(10)18/h2-7,13H,8,19H2,1H3. The van der Waals surface area contributed by atoms with Crippen LogP contribution in [0.25, 0.3) is 0 Å². The molecular formula is C15H14ClF2N. The molecular weight excluding hydrogens is 268 g/mol. The third kappa shape index (κ3) is 2.94. The molecule has 100 valence electrons. The zero-order valence-electron chi connectivity index (χ0n) is 10.5. The third-order valence-electron chi connectivity index (χ3n) is 3.09. The topological polar surface area (TPSA) is 26.0 Å². The second-order valence-corrected chi connectivity index (χ2v) is 4.91. The molecule has 0 bridgehead atoms. The van der Waals surface area contributed by atoms with Crippen molar-refractivity contribution >= 4 is 11.6 Å². The van der Waals surface area contributed by atoms with E-state index in [0.29, 0.717) is 16.7 Å². The monoisotopic (exact) mass is 281 g/mol. The normalized spacial score (nSPS) is 12.5. The Balaban J connectivity index is 2.28. The maximum absolute atomic E-state index is 13.9. The molecule has 0 radical (unpaired) electrons. The third-order valence-corrected chi connectivity index (χ3v) is 3.38. The average molecular weight is 282 g/mol. The van der Waals surface area contributed by atoms with Crippen LogP contribution in [0.5, 0.6) is 0 Å². The molecule has 0 saturated carbocycles. The van der Waals surface area contributed by atoms with Gasteiger partial charge in [0.1, 0.15) is 11.6 Å². The first-order chi connectivity index (χ1) is 9.00. The molecule has 2 aromatic carbocycles. The largest absolute Gasteiger partial charge is 0.324 e. The molecule has 0 aliphatic carbocycles. The van der Waals surface area contributed by atoms with E-state index in [4.69, 9.17) is 17.3 Å². The van der Waals surface area contributed by atoms with E-state index in [-0.39, 0.29) is 17.3 Å². The van der Waals surface area contributed by atoms with E-state index in [1.165, 1.54) is 6.07 Å². The van der Waals surface area contributed by atoms with Crippen molar-refractivity contribution in [3.8, 4) is 0 Å². The van der Waals surface area contributed by atoms with Crippen molar-refractivity contribution < 1.29 is 8.78 Å². The van der Waals surface area contributed by atoms with Crippen molar-refractivity contribution in [2.45, 2.75) is 19.4 Å². The summed E-state index contributed by atoms with van der Waals surface area (Å²) in [6.07, 6.45) is 0.201. The number of nitrogens with two attached hydrogens (primary N) is 1. The number of aryl methyl sites for hydroxylation is 1. The molecule has 2 aromatic rings. The Labute approximate surface area is 116 Å². The van der Waals surface area contributed by atoms with Crippen molar-refractivity contribution in [1.29, 1.82) is 0 Å². The van der Waals surface area contributed by atoms with Gasteiger partial charge in [0.15, 0.2) is 0 Å².